The summed E-state index contributed by atoms with van der Waals surface area (Å²) in [6.45, 7) is 6.60. The zero-order valence-electron chi connectivity index (χ0n) is 22.3. The molecule has 0 aliphatic carbocycles. The summed E-state index contributed by atoms with van der Waals surface area (Å²) >= 11 is 0. The molecule has 1 atom stereocenters. The van der Waals surface area contributed by atoms with E-state index in [1.165, 1.54) is 12.1 Å². The van der Waals surface area contributed by atoms with Crippen molar-refractivity contribution >= 4 is 27.7 Å². The van der Waals surface area contributed by atoms with Gasteiger partial charge in [0.25, 0.3) is 5.91 Å². The molecule has 1 aromatic carbocycles. The predicted molar refractivity (Wildman–Crippen MR) is 147 cm³/mol. The smallest absolute Gasteiger partial charge is 0.293 e. The van der Waals surface area contributed by atoms with E-state index in [4.69, 9.17) is 5.21 Å². The number of nitrogens with zero attached hydrogens (tertiary/aromatic N) is 3. The van der Waals surface area contributed by atoms with Crippen molar-refractivity contribution in [1.82, 2.24) is 30.3 Å². The number of carbonyl (C=O) groups excluding carboxylic acids is 1. The molecule has 0 fully saturated rings. The first-order valence-corrected chi connectivity index (χ1v) is 12.8. The Hall–Kier alpha value is -4.19. The van der Waals surface area contributed by atoms with Gasteiger partial charge in [-0.3, -0.25) is 15.0 Å². The Labute approximate surface area is 228 Å². The van der Waals surface area contributed by atoms with Crippen LogP contribution in [0.4, 0.5) is 8.78 Å². The fraction of sp³-hybridized carbons (Fsp3) is 0.276. The van der Waals surface area contributed by atoms with Crippen molar-refractivity contribution in [2.45, 2.75) is 39.9 Å². The van der Waals surface area contributed by atoms with Gasteiger partial charge in [-0.15, -0.1) is 0 Å². The van der Waals surface area contributed by atoms with E-state index in [-0.39, 0.29) is 30.3 Å². The number of rotatable bonds is 8. The molecule has 0 aliphatic heterocycles. The number of aromatic amines is 1. The Balaban J connectivity index is 1.63. The van der Waals surface area contributed by atoms with Gasteiger partial charge < -0.3 is 20.0 Å². The zero-order chi connectivity index (χ0) is 28.6. The molecule has 4 heterocycles. The van der Waals surface area contributed by atoms with Crippen molar-refractivity contribution in [2.24, 2.45) is 5.41 Å². The van der Waals surface area contributed by atoms with Gasteiger partial charge in [0.05, 0.1) is 36.1 Å². The van der Waals surface area contributed by atoms with Crippen molar-refractivity contribution in [1.29, 1.82) is 0 Å². The Morgan fingerprint density at radius 2 is 1.95 bits per heavy atom. The van der Waals surface area contributed by atoms with E-state index in [1.54, 1.807) is 30.0 Å². The van der Waals surface area contributed by atoms with E-state index in [0.29, 0.717) is 39.9 Å². The maximum atomic E-state index is 14.5. The maximum Gasteiger partial charge on any atom is 0.293 e. The van der Waals surface area contributed by atoms with Gasteiger partial charge in [0.1, 0.15) is 23.0 Å². The lowest BCUT2D eigenvalue weighted by atomic mass is 9.87. The number of H-pyrrole nitrogens is 1. The van der Waals surface area contributed by atoms with Gasteiger partial charge in [-0.05, 0) is 35.2 Å². The molecule has 208 valence electrons. The minimum Gasteiger partial charge on any atom is -0.395 e. The lowest BCUT2D eigenvalue weighted by molar-refractivity contribution is 0.0701. The number of hydrogen-bond donors (Lipinski definition) is 5. The van der Waals surface area contributed by atoms with Crippen LogP contribution in [0.5, 0.6) is 0 Å². The van der Waals surface area contributed by atoms with Crippen molar-refractivity contribution in [2.75, 3.05) is 6.61 Å². The molecule has 0 saturated carbocycles. The molecule has 5 aromatic rings. The highest BCUT2D eigenvalue weighted by molar-refractivity contribution is 6.00. The Morgan fingerprint density at radius 1 is 1.15 bits per heavy atom. The van der Waals surface area contributed by atoms with Crippen molar-refractivity contribution < 1.29 is 23.9 Å². The summed E-state index contributed by atoms with van der Waals surface area (Å²) in [5.41, 5.74) is 4.91. The minimum atomic E-state index is -0.750. The molecule has 40 heavy (non-hydrogen) atoms. The number of halogens is 2. The van der Waals surface area contributed by atoms with E-state index < -0.39 is 17.5 Å². The zero-order valence-corrected chi connectivity index (χ0v) is 22.3. The number of hydroxylamine groups is 1. The van der Waals surface area contributed by atoms with Crippen LogP contribution in [-0.4, -0.2) is 48.4 Å². The number of hydrogen-bond acceptors (Lipinski definition) is 6. The molecule has 0 saturated heterocycles. The Morgan fingerprint density at radius 3 is 2.65 bits per heavy atom. The molecule has 0 radical (unpaired) electrons. The topological polar surface area (TPSA) is 128 Å². The standard InChI is InChI=1S/C29H30F2N6O3/c1-29(2,3)25(15-38)34-11-18-14-37(13-17-4-5-19(30)9-21(17)31)24-12-33-22(10-20(18)24)27-26-16(6-7-32-26)8-23(35-27)28(39)36-40/h4-10,12,14,25,32,34,38,40H,11,13,15H2,1-3H3,(H,36,39)/t25-/m1/s1. The Bertz CT molecular complexity index is 1710. The van der Waals surface area contributed by atoms with Crippen LogP contribution in [-0.2, 0) is 13.1 Å². The first-order chi connectivity index (χ1) is 19.1. The van der Waals surface area contributed by atoms with E-state index in [1.807, 2.05) is 37.6 Å². The molecule has 0 aliphatic rings. The molecule has 9 nitrogen and oxygen atoms in total. The third-order valence-corrected chi connectivity index (χ3v) is 7.09. The number of fused-ring (bicyclic) bond motifs is 2. The molecule has 0 bridgehead atoms. The van der Waals surface area contributed by atoms with Gasteiger partial charge in [0.2, 0.25) is 0 Å². The molecule has 5 rings (SSSR count). The quantitative estimate of drug-likeness (QED) is 0.143. The molecular formula is C29H30F2N6O3. The third-order valence-electron chi connectivity index (χ3n) is 7.09. The summed E-state index contributed by atoms with van der Waals surface area (Å²) in [4.78, 5) is 24.4. The number of aliphatic hydroxyl groups excluding tert-OH is 1. The van der Waals surface area contributed by atoms with E-state index in [2.05, 4.69) is 20.3 Å². The van der Waals surface area contributed by atoms with Gasteiger partial charge >= 0.3 is 0 Å². The van der Waals surface area contributed by atoms with Crippen LogP contribution in [0.25, 0.3) is 33.2 Å². The maximum absolute atomic E-state index is 14.5. The average Bonchev–Trinajstić information content (AvgIpc) is 3.53. The monoisotopic (exact) mass is 548 g/mol. The van der Waals surface area contributed by atoms with Crippen LogP contribution < -0.4 is 10.8 Å². The van der Waals surface area contributed by atoms with Crippen LogP contribution in [0.1, 0.15) is 42.4 Å². The normalized spacial score (nSPS) is 12.8. The second-order valence-electron chi connectivity index (χ2n) is 10.8. The fourth-order valence-corrected chi connectivity index (χ4v) is 4.80. The number of pyridine rings is 2. The molecule has 0 unspecified atom stereocenters. The molecular weight excluding hydrogens is 518 g/mol. The lowest BCUT2D eigenvalue weighted by Crippen LogP contribution is -2.42. The highest BCUT2D eigenvalue weighted by atomic mass is 19.1. The number of nitrogens with one attached hydrogen (secondary N) is 3. The SMILES string of the molecule is CC(C)(C)[C@@H](CO)NCc1cn(Cc2ccc(F)cc2F)c2cnc(-c3nc(C(=O)NO)cc4cc[nH]c34)cc12. The van der Waals surface area contributed by atoms with Crippen LogP contribution >= 0.6 is 0 Å². The summed E-state index contributed by atoms with van der Waals surface area (Å²) in [7, 11) is 0. The van der Waals surface area contributed by atoms with Crippen molar-refractivity contribution in [3.63, 3.8) is 0 Å². The highest BCUT2D eigenvalue weighted by Crippen LogP contribution is 2.31. The van der Waals surface area contributed by atoms with Gasteiger partial charge in [0, 0.05) is 47.4 Å². The van der Waals surface area contributed by atoms with Gasteiger partial charge in [-0.2, -0.15) is 0 Å². The number of aromatic nitrogens is 4. The molecule has 11 heteroatoms. The summed E-state index contributed by atoms with van der Waals surface area (Å²) < 4.78 is 29.9. The molecule has 1 amide bonds. The van der Waals surface area contributed by atoms with Crippen molar-refractivity contribution in [3.05, 3.63) is 83.4 Å². The highest BCUT2D eigenvalue weighted by Gasteiger charge is 2.24. The van der Waals surface area contributed by atoms with Crippen LogP contribution in [0, 0.1) is 17.0 Å². The van der Waals surface area contributed by atoms with E-state index >= 15 is 0 Å². The number of aliphatic hydroxyl groups is 1. The molecule has 0 spiro atoms. The summed E-state index contributed by atoms with van der Waals surface area (Å²) in [6.07, 6.45) is 5.26. The molecule has 4 aromatic heterocycles. The second-order valence-corrected chi connectivity index (χ2v) is 10.8. The molecule has 5 N–H and O–H groups in total. The number of carbonyl (C=O) groups is 1. The van der Waals surface area contributed by atoms with Crippen molar-refractivity contribution in [3.8, 4) is 11.4 Å². The second kappa shape index (κ2) is 10.8. The van der Waals surface area contributed by atoms with Crippen LogP contribution in [0.2, 0.25) is 0 Å². The van der Waals surface area contributed by atoms with Crippen LogP contribution in [0.15, 0.2) is 55.0 Å². The number of benzene rings is 1. The largest absolute Gasteiger partial charge is 0.395 e. The lowest BCUT2D eigenvalue weighted by Gasteiger charge is -2.30. The van der Waals surface area contributed by atoms with E-state index in [9.17, 15) is 18.7 Å². The van der Waals surface area contributed by atoms with E-state index in [0.717, 1.165) is 17.0 Å². The Kier molecular flexibility index (Phi) is 7.37. The van der Waals surface area contributed by atoms with Gasteiger partial charge in [-0.25, -0.2) is 19.2 Å². The average molecular weight is 549 g/mol. The number of amides is 1. The first kappa shape index (κ1) is 27.4. The fourth-order valence-electron chi connectivity index (χ4n) is 4.80. The van der Waals surface area contributed by atoms with Gasteiger partial charge in [-0.1, -0.05) is 26.8 Å². The van der Waals surface area contributed by atoms with Gasteiger partial charge in [0.15, 0.2) is 0 Å². The summed E-state index contributed by atoms with van der Waals surface area (Å²) in [5.74, 6) is -2.04. The van der Waals surface area contributed by atoms with Crippen LogP contribution in [0.3, 0.4) is 0 Å². The summed E-state index contributed by atoms with van der Waals surface area (Å²) in [5, 5.41) is 24.1. The summed E-state index contributed by atoms with van der Waals surface area (Å²) in [6, 6.07) is 8.51. The third kappa shape index (κ3) is 5.31. The predicted octanol–water partition coefficient (Wildman–Crippen LogP) is 4.52. The first-order valence-electron chi connectivity index (χ1n) is 12.8. The minimum absolute atomic E-state index is 0.0220.